The Morgan fingerprint density at radius 1 is 1.33 bits per heavy atom. The Morgan fingerprint density at radius 3 is 2.61 bits per heavy atom. The van der Waals surface area contributed by atoms with E-state index in [0.717, 1.165) is 12.1 Å². The maximum atomic E-state index is 12.2. The number of aliphatic carboxylic acids is 1. The van der Waals surface area contributed by atoms with E-state index in [1.54, 1.807) is 7.05 Å². The van der Waals surface area contributed by atoms with E-state index < -0.39 is 12.0 Å². The molecule has 2 rings (SSSR count). The van der Waals surface area contributed by atoms with Gasteiger partial charge in [0.05, 0.1) is 0 Å². The number of hydrogen-bond acceptors (Lipinski definition) is 2. The molecule has 1 saturated heterocycles. The maximum absolute atomic E-state index is 12.2. The number of amides is 2. The molecule has 1 aliphatic rings. The lowest BCUT2D eigenvalue weighted by molar-refractivity contribution is -0.141. The predicted molar refractivity (Wildman–Crippen MR) is 67.6 cm³/mol. The van der Waals surface area contributed by atoms with Gasteiger partial charge >= 0.3 is 12.0 Å². The first kappa shape index (κ1) is 12.4. The molecular formula is C13H16N2O3. The van der Waals surface area contributed by atoms with Gasteiger partial charge in [-0.25, -0.2) is 9.59 Å². The monoisotopic (exact) mass is 248 g/mol. The first-order chi connectivity index (χ1) is 8.61. The summed E-state index contributed by atoms with van der Waals surface area (Å²) in [5.41, 5.74) is 0.763. The fraction of sp³-hybridized carbons (Fsp3) is 0.385. The molecular weight excluding hydrogens is 232 g/mol. The van der Waals surface area contributed by atoms with Gasteiger partial charge in [0.2, 0.25) is 0 Å². The van der Waals surface area contributed by atoms with Crippen molar-refractivity contribution < 1.29 is 14.7 Å². The number of para-hydroxylation sites is 1. The molecule has 96 valence electrons. The average molecular weight is 248 g/mol. The van der Waals surface area contributed by atoms with E-state index in [1.165, 1.54) is 9.80 Å². The lowest BCUT2D eigenvalue weighted by Gasteiger charge is -2.27. The fourth-order valence-corrected chi connectivity index (χ4v) is 2.21. The second kappa shape index (κ2) is 5.08. The number of hydrogen-bond donors (Lipinski definition) is 1. The first-order valence-electron chi connectivity index (χ1n) is 5.93. The Morgan fingerprint density at radius 2 is 2.00 bits per heavy atom. The van der Waals surface area contributed by atoms with E-state index in [1.807, 2.05) is 30.3 Å². The van der Waals surface area contributed by atoms with Gasteiger partial charge in [-0.1, -0.05) is 18.2 Å². The first-order valence-corrected chi connectivity index (χ1v) is 5.93. The molecule has 1 fully saturated rings. The van der Waals surface area contributed by atoms with Crippen LogP contribution in [0.15, 0.2) is 30.3 Å². The third kappa shape index (κ3) is 2.30. The van der Waals surface area contributed by atoms with Crippen molar-refractivity contribution in [1.82, 2.24) is 4.90 Å². The summed E-state index contributed by atoms with van der Waals surface area (Å²) >= 11 is 0. The molecule has 5 nitrogen and oxygen atoms in total. The molecule has 0 radical (unpaired) electrons. The molecule has 0 unspecified atom stereocenters. The van der Waals surface area contributed by atoms with Crippen molar-refractivity contribution in [3.8, 4) is 0 Å². The number of carboxylic acids is 1. The van der Waals surface area contributed by atoms with Gasteiger partial charge in [-0.3, -0.25) is 4.90 Å². The molecule has 0 aromatic heterocycles. The summed E-state index contributed by atoms with van der Waals surface area (Å²) in [6.07, 6.45) is 1.27. The van der Waals surface area contributed by atoms with E-state index in [9.17, 15) is 9.59 Å². The minimum Gasteiger partial charge on any atom is -0.480 e. The summed E-state index contributed by atoms with van der Waals surface area (Å²) in [5, 5.41) is 9.07. The van der Waals surface area contributed by atoms with Gasteiger partial charge in [0.25, 0.3) is 0 Å². The number of urea groups is 1. The standard InChI is InChI=1S/C13H16N2O3/c1-14(10-6-3-2-4-7-10)13(18)15-9-5-8-11(15)12(16)17/h2-4,6-7,11H,5,8-9H2,1H3,(H,16,17)/t11-/m0/s1. The van der Waals surface area contributed by atoms with Crippen molar-refractivity contribution in [2.75, 3.05) is 18.5 Å². The van der Waals surface area contributed by atoms with Crippen LogP contribution in [0.5, 0.6) is 0 Å². The maximum Gasteiger partial charge on any atom is 0.326 e. The molecule has 1 aliphatic heterocycles. The van der Waals surface area contributed by atoms with Crippen LogP contribution in [-0.2, 0) is 4.79 Å². The van der Waals surface area contributed by atoms with Crippen LogP contribution in [-0.4, -0.2) is 41.6 Å². The minimum atomic E-state index is -0.928. The molecule has 1 N–H and O–H groups in total. The van der Waals surface area contributed by atoms with E-state index in [0.29, 0.717) is 13.0 Å². The van der Waals surface area contributed by atoms with Crippen molar-refractivity contribution in [2.24, 2.45) is 0 Å². The van der Waals surface area contributed by atoms with Crippen molar-refractivity contribution in [3.05, 3.63) is 30.3 Å². The molecule has 5 heteroatoms. The number of rotatable bonds is 2. The van der Waals surface area contributed by atoms with Gasteiger partial charge < -0.3 is 10.0 Å². The summed E-state index contributed by atoms with van der Waals surface area (Å²) in [5.74, 6) is -0.928. The van der Waals surface area contributed by atoms with Crippen molar-refractivity contribution >= 4 is 17.7 Å². The molecule has 0 bridgehead atoms. The van der Waals surface area contributed by atoms with Crippen LogP contribution in [0.4, 0.5) is 10.5 Å². The summed E-state index contributed by atoms with van der Waals surface area (Å²) in [4.78, 5) is 26.2. The highest BCUT2D eigenvalue weighted by atomic mass is 16.4. The van der Waals surface area contributed by atoms with Crippen LogP contribution < -0.4 is 4.90 Å². The summed E-state index contributed by atoms with van der Waals surface area (Å²) in [7, 11) is 1.66. The van der Waals surface area contributed by atoms with Crippen molar-refractivity contribution in [3.63, 3.8) is 0 Å². The highest BCUT2D eigenvalue weighted by Gasteiger charge is 2.35. The smallest absolute Gasteiger partial charge is 0.326 e. The average Bonchev–Trinajstić information content (AvgIpc) is 2.87. The van der Waals surface area contributed by atoms with E-state index in [-0.39, 0.29) is 6.03 Å². The lowest BCUT2D eigenvalue weighted by Crippen LogP contribution is -2.46. The second-order valence-electron chi connectivity index (χ2n) is 4.37. The summed E-state index contributed by atoms with van der Waals surface area (Å²) in [6, 6.07) is 8.26. The van der Waals surface area contributed by atoms with Crippen LogP contribution in [0.2, 0.25) is 0 Å². The zero-order valence-electron chi connectivity index (χ0n) is 10.2. The molecule has 2 amide bonds. The molecule has 0 aliphatic carbocycles. The van der Waals surface area contributed by atoms with E-state index in [4.69, 9.17) is 5.11 Å². The Hall–Kier alpha value is -2.04. The van der Waals surface area contributed by atoms with Crippen LogP contribution in [0.3, 0.4) is 0 Å². The minimum absolute atomic E-state index is 0.258. The number of carbonyl (C=O) groups is 2. The highest BCUT2D eigenvalue weighted by Crippen LogP contribution is 2.21. The van der Waals surface area contributed by atoms with Crippen LogP contribution in [0, 0.1) is 0 Å². The zero-order chi connectivity index (χ0) is 13.1. The molecule has 0 saturated carbocycles. The Kier molecular flexibility index (Phi) is 3.50. The zero-order valence-corrected chi connectivity index (χ0v) is 10.2. The molecule has 1 heterocycles. The highest BCUT2D eigenvalue weighted by molar-refractivity contribution is 5.94. The number of anilines is 1. The van der Waals surface area contributed by atoms with Gasteiger partial charge in [-0.15, -0.1) is 0 Å². The lowest BCUT2D eigenvalue weighted by atomic mass is 10.2. The quantitative estimate of drug-likeness (QED) is 0.868. The number of carboxylic acid groups (broad SMARTS) is 1. The van der Waals surface area contributed by atoms with Crippen LogP contribution >= 0.6 is 0 Å². The molecule has 0 spiro atoms. The second-order valence-corrected chi connectivity index (χ2v) is 4.37. The van der Waals surface area contributed by atoms with Gasteiger partial charge in [0.15, 0.2) is 0 Å². The molecule has 18 heavy (non-hydrogen) atoms. The van der Waals surface area contributed by atoms with Crippen molar-refractivity contribution in [2.45, 2.75) is 18.9 Å². The van der Waals surface area contributed by atoms with E-state index in [2.05, 4.69) is 0 Å². The summed E-state index contributed by atoms with van der Waals surface area (Å²) in [6.45, 7) is 0.507. The number of nitrogens with zero attached hydrogens (tertiary/aromatic N) is 2. The Balaban J connectivity index is 2.14. The van der Waals surface area contributed by atoms with Gasteiger partial charge in [0, 0.05) is 19.3 Å². The number of likely N-dealkylation sites (tertiary alicyclic amines) is 1. The Labute approximate surface area is 106 Å². The predicted octanol–water partition coefficient (Wildman–Crippen LogP) is 1.79. The normalized spacial score (nSPS) is 18.7. The van der Waals surface area contributed by atoms with Crippen LogP contribution in [0.25, 0.3) is 0 Å². The van der Waals surface area contributed by atoms with Gasteiger partial charge in [-0.2, -0.15) is 0 Å². The summed E-state index contributed by atoms with van der Waals surface area (Å²) < 4.78 is 0. The fourth-order valence-electron chi connectivity index (χ4n) is 2.21. The van der Waals surface area contributed by atoms with Gasteiger partial charge in [-0.05, 0) is 25.0 Å². The number of benzene rings is 1. The topological polar surface area (TPSA) is 60.9 Å². The third-order valence-electron chi connectivity index (χ3n) is 3.21. The number of carbonyl (C=O) groups excluding carboxylic acids is 1. The third-order valence-corrected chi connectivity index (χ3v) is 3.21. The van der Waals surface area contributed by atoms with Crippen molar-refractivity contribution in [1.29, 1.82) is 0 Å². The molecule has 1 atom stereocenters. The molecule has 1 aromatic rings. The van der Waals surface area contributed by atoms with E-state index >= 15 is 0 Å². The largest absolute Gasteiger partial charge is 0.480 e. The van der Waals surface area contributed by atoms with Gasteiger partial charge in [0.1, 0.15) is 6.04 Å². The SMILES string of the molecule is CN(C(=O)N1CCC[C@H]1C(=O)O)c1ccccc1. The Bertz CT molecular complexity index is 447. The van der Waals surface area contributed by atoms with Crippen LogP contribution in [0.1, 0.15) is 12.8 Å². The molecule has 1 aromatic carbocycles.